The molecule has 1 amide bonds. The van der Waals surface area contributed by atoms with E-state index in [2.05, 4.69) is 16.4 Å². The molecule has 0 bridgehead atoms. The van der Waals surface area contributed by atoms with Gasteiger partial charge in [0.15, 0.2) is 6.17 Å². The SMILES string of the molecule is Cc1cc(C#N)cc(-c2ccnc3cc(CN4C(=O)CCS4(O)O)sc23)c1O[C@@H]1CNC[C@@H]1F. The number of carbonyl (C=O) groups is 1. The van der Waals surface area contributed by atoms with E-state index in [1.54, 1.807) is 18.3 Å². The molecule has 11 heteroatoms. The second-order valence-corrected chi connectivity index (χ2v) is 11.7. The van der Waals surface area contributed by atoms with Gasteiger partial charge >= 0.3 is 0 Å². The second kappa shape index (κ2) is 8.79. The van der Waals surface area contributed by atoms with Crippen molar-refractivity contribution in [3.05, 3.63) is 46.5 Å². The van der Waals surface area contributed by atoms with Crippen LogP contribution in [0.3, 0.4) is 0 Å². The van der Waals surface area contributed by atoms with Crippen molar-refractivity contribution in [1.29, 1.82) is 5.26 Å². The number of thiophene rings is 1. The molecule has 2 atom stereocenters. The number of aryl methyl sites for hydroxylation is 1. The van der Waals surface area contributed by atoms with Gasteiger partial charge in [-0.15, -0.1) is 22.1 Å². The first kappa shape index (κ1) is 23.0. The fraction of sp³-hybridized carbons (Fsp3) is 0.348. The van der Waals surface area contributed by atoms with Crippen LogP contribution in [0.2, 0.25) is 0 Å². The van der Waals surface area contributed by atoms with E-state index in [1.165, 1.54) is 11.3 Å². The first-order valence-electron chi connectivity index (χ1n) is 10.8. The number of benzene rings is 1. The highest BCUT2D eigenvalue weighted by molar-refractivity contribution is 8.23. The van der Waals surface area contributed by atoms with Crippen LogP contribution >= 0.6 is 22.1 Å². The molecular formula is C23H23FN4O4S2. The number of hydrogen-bond donors (Lipinski definition) is 3. The summed E-state index contributed by atoms with van der Waals surface area (Å²) in [6, 6.07) is 9.26. The van der Waals surface area contributed by atoms with Gasteiger partial charge in [-0.3, -0.25) is 18.9 Å². The molecule has 2 aromatic heterocycles. The van der Waals surface area contributed by atoms with E-state index in [0.717, 1.165) is 25.0 Å². The van der Waals surface area contributed by atoms with E-state index in [0.29, 0.717) is 28.9 Å². The second-order valence-electron chi connectivity index (χ2n) is 8.41. The largest absolute Gasteiger partial charge is 0.485 e. The molecule has 2 aliphatic heterocycles. The molecule has 2 saturated heterocycles. The van der Waals surface area contributed by atoms with Crippen molar-refractivity contribution in [3.8, 4) is 22.9 Å². The van der Waals surface area contributed by atoms with Crippen LogP contribution < -0.4 is 10.1 Å². The molecule has 0 spiro atoms. The van der Waals surface area contributed by atoms with Crippen LogP contribution in [0.5, 0.6) is 5.75 Å². The highest BCUT2D eigenvalue weighted by atomic mass is 32.3. The maximum atomic E-state index is 14.3. The average molecular weight is 503 g/mol. The van der Waals surface area contributed by atoms with Crippen LogP contribution in [0.25, 0.3) is 21.3 Å². The number of rotatable bonds is 5. The summed E-state index contributed by atoms with van der Waals surface area (Å²) in [4.78, 5) is 17.4. The molecule has 0 saturated carbocycles. The number of hydrogen-bond acceptors (Lipinski definition) is 8. The Kier molecular flexibility index (Phi) is 5.95. The minimum atomic E-state index is -3.10. The minimum absolute atomic E-state index is 0.0484. The lowest BCUT2D eigenvalue weighted by molar-refractivity contribution is -0.125. The number of ether oxygens (including phenoxy) is 1. The molecular weight excluding hydrogens is 479 g/mol. The van der Waals surface area contributed by atoms with E-state index in [4.69, 9.17) is 4.74 Å². The van der Waals surface area contributed by atoms with E-state index in [1.807, 2.05) is 19.1 Å². The zero-order valence-corrected chi connectivity index (χ0v) is 20.0. The maximum absolute atomic E-state index is 14.3. The van der Waals surface area contributed by atoms with Crippen molar-refractivity contribution in [2.24, 2.45) is 0 Å². The molecule has 178 valence electrons. The van der Waals surface area contributed by atoms with Crippen molar-refractivity contribution >= 4 is 38.2 Å². The molecule has 1 aromatic carbocycles. The number of nitrogens with zero attached hydrogens (tertiary/aromatic N) is 3. The summed E-state index contributed by atoms with van der Waals surface area (Å²) in [6.45, 7) is 2.54. The molecule has 0 radical (unpaired) electrons. The third kappa shape index (κ3) is 4.12. The lowest BCUT2D eigenvalue weighted by Crippen LogP contribution is -2.27. The van der Waals surface area contributed by atoms with Gasteiger partial charge in [-0.05, 0) is 36.8 Å². The fourth-order valence-corrected chi connectivity index (χ4v) is 6.96. The van der Waals surface area contributed by atoms with Gasteiger partial charge in [-0.1, -0.05) is 0 Å². The van der Waals surface area contributed by atoms with Gasteiger partial charge in [0, 0.05) is 41.7 Å². The maximum Gasteiger partial charge on any atom is 0.242 e. The van der Waals surface area contributed by atoms with Crippen LogP contribution in [-0.4, -0.2) is 55.4 Å². The minimum Gasteiger partial charge on any atom is -0.485 e. The zero-order valence-electron chi connectivity index (χ0n) is 18.3. The normalized spacial score (nSPS) is 22.8. The van der Waals surface area contributed by atoms with E-state index in [-0.39, 0.29) is 31.2 Å². The van der Waals surface area contributed by atoms with Gasteiger partial charge in [0.2, 0.25) is 5.91 Å². The van der Waals surface area contributed by atoms with Gasteiger partial charge in [0.1, 0.15) is 11.9 Å². The van der Waals surface area contributed by atoms with Gasteiger partial charge < -0.3 is 10.1 Å². The zero-order chi connectivity index (χ0) is 24.0. The van der Waals surface area contributed by atoms with Crippen molar-refractivity contribution in [2.45, 2.75) is 32.2 Å². The number of carbonyl (C=O) groups excluding carboxylic acids is 1. The summed E-state index contributed by atoms with van der Waals surface area (Å²) < 4.78 is 42.8. The third-order valence-electron chi connectivity index (χ3n) is 6.03. The van der Waals surface area contributed by atoms with Crippen LogP contribution in [0.1, 0.15) is 22.4 Å². The fourth-order valence-electron chi connectivity index (χ4n) is 4.32. The Morgan fingerprint density at radius 3 is 2.85 bits per heavy atom. The molecule has 5 rings (SSSR count). The summed E-state index contributed by atoms with van der Waals surface area (Å²) in [5, 5.41) is 12.5. The predicted octanol–water partition coefficient (Wildman–Crippen LogP) is 4.23. The number of pyridine rings is 1. The monoisotopic (exact) mass is 502 g/mol. The summed E-state index contributed by atoms with van der Waals surface area (Å²) in [7, 11) is -3.10. The Bertz CT molecular complexity index is 1320. The third-order valence-corrected chi connectivity index (χ3v) is 8.97. The number of fused-ring (bicyclic) bond motifs is 1. The van der Waals surface area contributed by atoms with E-state index >= 15 is 0 Å². The van der Waals surface area contributed by atoms with Gasteiger partial charge in [-0.25, -0.2) is 8.70 Å². The average Bonchev–Trinajstić information content (AvgIpc) is 3.48. The molecule has 2 fully saturated rings. The summed E-state index contributed by atoms with van der Waals surface area (Å²) >= 11 is 1.39. The Morgan fingerprint density at radius 1 is 1.35 bits per heavy atom. The first-order valence-corrected chi connectivity index (χ1v) is 13.3. The number of nitriles is 1. The molecule has 2 aliphatic rings. The Balaban J connectivity index is 1.58. The topological polar surface area (TPSA) is 119 Å². The number of amides is 1. The highest BCUT2D eigenvalue weighted by Gasteiger charge is 2.36. The van der Waals surface area contributed by atoms with Crippen molar-refractivity contribution in [3.63, 3.8) is 0 Å². The Morgan fingerprint density at radius 2 is 2.18 bits per heavy atom. The molecule has 0 aliphatic carbocycles. The number of nitrogens with one attached hydrogen (secondary N) is 1. The summed E-state index contributed by atoms with van der Waals surface area (Å²) in [5.74, 6) is 0.276. The van der Waals surface area contributed by atoms with E-state index < -0.39 is 23.1 Å². The predicted molar refractivity (Wildman–Crippen MR) is 130 cm³/mol. The van der Waals surface area contributed by atoms with Crippen LogP contribution in [0.4, 0.5) is 4.39 Å². The lowest BCUT2D eigenvalue weighted by Gasteiger charge is -2.36. The molecule has 0 unspecified atom stereocenters. The summed E-state index contributed by atoms with van der Waals surface area (Å²) in [6.07, 6.45) is -0.00124. The standard InChI is InChI=1S/C23H23FN4O4S2/c1-13-6-14(9-25)7-17(22(13)32-20-11-26-10-18(20)24)16-2-4-27-19-8-15(33-23(16)19)12-28-21(29)3-5-34(28,30)31/h2,4,6-8,18,20,26,30-31H,3,5,10-12H2,1H3/t18-,20+/m0/s1. The van der Waals surface area contributed by atoms with Gasteiger partial charge in [0.25, 0.3) is 0 Å². The number of alkyl halides is 1. The first-order chi connectivity index (χ1) is 16.3. The molecule has 34 heavy (non-hydrogen) atoms. The van der Waals surface area contributed by atoms with Crippen molar-refractivity contribution < 1.29 is 23.0 Å². The smallest absolute Gasteiger partial charge is 0.242 e. The van der Waals surface area contributed by atoms with E-state index in [9.17, 15) is 23.6 Å². The van der Waals surface area contributed by atoms with Crippen LogP contribution in [0, 0.1) is 18.3 Å². The van der Waals surface area contributed by atoms with Gasteiger partial charge in [0.05, 0.1) is 34.1 Å². The Labute approximate surface area is 201 Å². The number of halogens is 1. The molecule has 3 aromatic rings. The lowest BCUT2D eigenvalue weighted by atomic mass is 9.99. The Hall–Kier alpha value is -2.75. The number of aromatic nitrogens is 1. The molecule has 4 heterocycles. The van der Waals surface area contributed by atoms with Crippen molar-refractivity contribution in [2.75, 3.05) is 18.8 Å². The van der Waals surface area contributed by atoms with Crippen LogP contribution in [0.15, 0.2) is 30.5 Å². The van der Waals surface area contributed by atoms with Gasteiger partial charge in [-0.2, -0.15) is 5.26 Å². The quantitative estimate of drug-likeness (QED) is 0.478. The highest BCUT2D eigenvalue weighted by Crippen LogP contribution is 2.50. The molecule has 3 N–H and O–H groups in total. The molecule has 8 nitrogen and oxygen atoms in total. The van der Waals surface area contributed by atoms with Crippen molar-refractivity contribution in [1.82, 2.24) is 14.6 Å². The summed E-state index contributed by atoms with van der Waals surface area (Å²) in [5.41, 5.74) is 3.30. The van der Waals surface area contributed by atoms with Crippen LogP contribution in [-0.2, 0) is 11.3 Å².